The zero-order valence-corrected chi connectivity index (χ0v) is 10.3. The molecule has 0 radical (unpaired) electrons. The summed E-state index contributed by atoms with van der Waals surface area (Å²) in [6.45, 7) is 4.45. The monoisotopic (exact) mass is 250 g/mol. The summed E-state index contributed by atoms with van der Waals surface area (Å²) in [5.74, 6) is -0.271. The highest BCUT2D eigenvalue weighted by Crippen LogP contribution is 2.17. The van der Waals surface area contributed by atoms with Crippen LogP contribution in [0.4, 0.5) is 0 Å². The molecule has 0 N–H and O–H groups in total. The molecule has 1 aromatic carbocycles. The van der Waals surface area contributed by atoms with Crippen LogP contribution in [0.15, 0.2) is 36.4 Å². The van der Waals surface area contributed by atoms with E-state index in [1.54, 1.807) is 24.3 Å². The normalized spacial score (nSPS) is 9.44. The molecule has 0 amide bonds. The van der Waals surface area contributed by atoms with Gasteiger partial charge in [0, 0.05) is 5.57 Å². The van der Waals surface area contributed by atoms with Gasteiger partial charge >= 0.3 is 11.9 Å². The molecule has 0 aliphatic heterocycles. The number of hydrogen-bond acceptors (Lipinski definition) is 5. The van der Waals surface area contributed by atoms with E-state index >= 15 is 0 Å². The molecular weight excluding hydrogens is 236 g/mol. The fourth-order valence-corrected chi connectivity index (χ4v) is 1.05. The minimum Gasteiger partial charge on any atom is -0.497 e. The predicted octanol–water partition coefficient (Wildman–Crippen LogP) is 1.72. The Bertz CT molecular complexity index is 447. The van der Waals surface area contributed by atoms with Crippen LogP contribution in [0.3, 0.4) is 0 Å². The van der Waals surface area contributed by atoms with Crippen LogP contribution in [0.2, 0.25) is 0 Å². The van der Waals surface area contributed by atoms with Crippen molar-refractivity contribution in [2.75, 3.05) is 13.7 Å². The van der Waals surface area contributed by atoms with Gasteiger partial charge < -0.3 is 14.2 Å². The second-order valence-corrected chi connectivity index (χ2v) is 3.51. The van der Waals surface area contributed by atoms with E-state index in [0.29, 0.717) is 11.5 Å². The van der Waals surface area contributed by atoms with Gasteiger partial charge in [0.1, 0.15) is 11.5 Å². The molecule has 0 spiro atoms. The predicted molar refractivity (Wildman–Crippen MR) is 64.4 cm³/mol. The summed E-state index contributed by atoms with van der Waals surface area (Å²) in [5, 5.41) is 0. The standard InChI is InChI=1S/C13H14O5/c1-9(2)13(15)17-8-12(14)18-11-6-4-10(16-3)5-7-11/h4-7H,1,8H2,2-3H3. The molecule has 0 aliphatic carbocycles. The highest BCUT2D eigenvalue weighted by atomic mass is 16.6. The molecule has 5 nitrogen and oxygen atoms in total. The molecule has 0 saturated carbocycles. The topological polar surface area (TPSA) is 61.8 Å². The van der Waals surface area contributed by atoms with Crippen LogP contribution in [0.25, 0.3) is 0 Å². The van der Waals surface area contributed by atoms with Gasteiger partial charge in [0.15, 0.2) is 6.61 Å². The molecule has 0 atom stereocenters. The minimum atomic E-state index is -0.658. The molecule has 0 saturated heterocycles. The quantitative estimate of drug-likeness (QED) is 0.452. The molecule has 0 unspecified atom stereocenters. The Morgan fingerprint density at radius 1 is 1.17 bits per heavy atom. The second-order valence-electron chi connectivity index (χ2n) is 3.51. The maximum atomic E-state index is 11.3. The van der Waals surface area contributed by atoms with Crippen molar-refractivity contribution >= 4 is 11.9 Å². The Labute approximate surface area is 105 Å². The van der Waals surface area contributed by atoms with E-state index in [1.165, 1.54) is 14.0 Å². The molecular formula is C13H14O5. The summed E-state index contributed by atoms with van der Waals surface area (Å²) < 4.78 is 14.5. The summed E-state index contributed by atoms with van der Waals surface area (Å²) >= 11 is 0. The molecule has 0 bridgehead atoms. The maximum Gasteiger partial charge on any atom is 0.349 e. The van der Waals surface area contributed by atoms with Crippen LogP contribution in [-0.2, 0) is 14.3 Å². The Balaban J connectivity index is 2.44. The summed E-state index contributed by atoms with van der Waals surface area (Å²) in [7, 11) is 1.54. The van der Waals surface area contributed by atoms with Gasteiger partial charge in [-0.3, -0.25) is 0 Å². The summed E-state index contributed by atoms with van der Waals surface area (Å²) in [6, 6.07) is 6.47. The summed E-state index contributed by atoms with van der Waals surface area (Å²) in [5.41, 5.74) is 0.229. The lowest BCUT2D eigenvalue weighted by Gasteiger charge is -2.06. The number of carbonyl (C=O) groups excluding carboxylic acids is 2. The lowest BCUT2D eigenvalue weighted by Crippen LogP contribution is -2.18. The molecule has 5 heteroatoms. The zero-order valence-electron chi connectivity index (χ0n) is 10.3. The third-order valence-corrected chi connectivity index (χ3v) is 1.96. The molecule has 0 aromatic heterocycles. The summed E-state index contributed by atoms with van der Waals surface area (Å²) in [4.78, 5) is 22.4. The van der Waals surface area contributed by atoms with Crippen LogP contribution in [-0.4, -0.2) is 25.7 Å². The van der Waals surface area contributed by atoms with E-state index in [2.05, 4.69) is 11.3 Å². The van der Waals surface area contributed by atoms with Crippen LogP contribution in [0.5, 0.6) is 11.5 Å². The average molecular weight is 250 g/mol. The van der Waals surface area contributed by atoms with Crippen molar-refractivity contribution in [2.45, 2.75) is 6.92 Å². The number of esters is 2. The highest BCUT2D eigenvalue weighted by Gasteiger charge is 2.09. The van der Waals surface area contributed by atoms with Gasteiger partial charge in [-0.2, -0.15) is 0 Å². The van der Waals surface area contributed by atoms with E-state index < -0.39 is 18.5 Å². The van der Waals surface area contributed by atoms with Crippen molar-refractivity contribution < 1.29 is 23.8 Å². The van der Waals surface area contributed by atoms with Crippen molar-refractivity contribution in [2.24, 2.45) is 0 Å². The van der Waals surface area contributed by atoms with E-state index in [1.807, 2.05) is 0 Å². The van der Waals surface area contributed by atoms with Crippen molar-refractivity contribution in [1.82, 2.24) is 0 Å². The minimum absolute atomic E-state index is 0.229. The number of benzene rings is 1. The zero-order chi connectivity index (χ0) is 13.5. The first-order valence-corrected chi connectivity index (χ1v) is 5.20. The average Bonchev–Trinajstić information content (AvgIpc) is 2.36. The Hall–Kier alpha value is -2.30. The Morgan fingerprint density at radius 3 is 2.22 bits per heavy atom. The fourth-order valence-electron chi connectivity index (χ4n) is 1.05. The van der Waals surface area contributed by atoms with Crippen LogP contribution < -0.4 is 9.47 Å². The maximum absolute atomic E-state index is 11.3. The molecule has 18 heavy (non-hydrogen) atoms. The number of rotatable bonds is 5. The van der Waals surface area contributed by atoms with Gasteiger partial charge in [-0.1, -0.05) is 6.58 Å². The smallest absolute Gasteiger partial charge is 0.349 e. The van der Waals surface area contributed by atoms with Gasteiger partial charge in [-0.15, -0.1) is 0 Å². The van der Waals surface area contributed by atoms with Crippen molar-refractivity contribution in [3.63, 3.8) is 0 Å². The molecule has 1 rings (SSSR count). The van der Waals surface area contributed by atoms with Crippen LogP contribution in [0.1, 0.15) is 6.92 Å². The lowest BCUT2D eigenvalue weighted by atomic mass is 10.3. The number of ether oxygens (including phenoxy) is 3. The third-order valence-electron chi connectivity index (χ3n) is 1.96. The first-order chi connectivity index (χ1) is 8.52. The van der Waals surface area contributed by atoms with Crippen molar-refractivity contribution in [1.29, 1.82) is 0 Å². The second kappa shape index (κ2) is 6.44. The van der Waals surface area contributed by atoms with E-state index in [-0.39, 0.29) is 5.57 Å². The highest BCUT2D eigenvalue weighted by molar-refractivity contribution is 5.88. The molecule has 0 heterocycles. The molecule has 96 valence electrons. The Morgan fingerprint density at radius 2 is 1.72 bits per heavy atom. The lowest BCUT2D eigenvalue weighted by molar-refractivity contribution is -0.150. The third kappa shape index (κ3) is 4.29. The molecule has 1 aromatic rings. The van der Waals surface area contributed by atoms with Gasteiger partial charge in [0.2, 0.25) is 0 Å². The van der Waals surface area contributed by atoms with Gasteiger partial charge in [-0.25, -0.2) is 9.59 Å². The van der Waals surface area contributed by atoms with Crippen molar-refractivity contribution in [3.8, 4) is 11.5 Å². The summed E-state index contributed by atoms with van der Waals surface area (Å²) in [6.07, 6.45) is 0. The van der Waals surface area contributed by atoms with Gasteiger partial charge in [0.25, 0.3) is 0 Å². The molecule has 0 fully saturated rings. The van der Waals surface area contributed by atoms with E-state index in [9.17, 15) is 9.59 Å². The fraction of sp³-hybridized carbons (Fsp3) is 0.231. The van der Waals surface area contributed by atoms with Crippen molar-refractivity contribution in [3.05, 3.63) is 36.4 Å². The largest absolute Gasteiger partial charge is 0.497 e. The van der Waals surface area contributed by atoms with Crippen LogP contribution in [0, 0.1) is 0 Å². The number of carbonyl (C=O) groups is 2. The SMILES string of the molecule is C=C(C)C(=O)OCC(=O)Oc1ccc(OC)cc1. The number of methoxy groups -OCH3 is 1. The Kier molecular flexibility index (Phi) is 4.92. The van der Waals surface area contributed by atoms with Gasteiger partial charge in [-0.05, 0) is 31.2 Å². The molecule has 0 aliphatic rings. The first-order valence-electron chi connectivity index (χ1n) is 5.20. The first kappa shape index (κ1) is 13.8. The van der Waals surface area contributed by atoms with E-state index in [0.717, 1.165) is 0 Å². The van der Waals surface area contributed by atoms with Crippen LogP contribution >= 0.6 is 0 Å². The van der Waals surface area contributed by atoms with E-state index in [4.69, 9.17) is 9.47 Å². The van der Waals surface area contributed by atoms with Gasteiger partial charge in [0.05, 0.1) is 7.11 Å². The number of hydrogen-bond donors (Lipinski definition) is 0.